The highest BCUT2D eigenvalue weighted by Crippen LogP contribution is 2.20. The van der Waals surface area contributed by atoms with E-state index in [0.29, 0.717) is 19.5 Å². The number of hydrogen-bond donors (Lipinski definition) is 3. The Balaban J connectivity index is 1.79. The van der Waals surface area contributed by atoms with E-state index in [0.717, 1.165) is 28.9 Å². The smallest absolute Gasteiger partial charge is 0.314 e. The Morgan fingerprint density at radius 2 is 1.86 bits per heavy atom. The van der Waals surface area contributed by atoms with Crippen LogP contribution in [0.4, 0.5) is 4.79 Å². The molecule has 152 valence electrons. The Hall–Kier alpha value is -2.73. The lowest BCUT2D eigenvalue weighted by atomic mass is 10.1. The maximum Gasteiger partial charge on any atom is 0.314 e. The molecule has 0 bridgehead atoms. The maximum atomic E-state index is 12.2. The average Bonchev–Trinajstić information content (AvgIpc) is 2.67. The van der Waals surface area contributed by atoms with E-state index in [-0.39, 0.29) is 17.8 Å². The Morgan fingerprint density at radius 1 is 1.14 bits per heavy atom. The highest BCUT2D eigenvalue weighted by molar-refractivity contribution is 5.73. The van der Waals surface area contributed by atoms with Gasteiger partial charge in [-0.2, -0.15) is 0 Å². The van der Waals surface area contributed by atoms with Gasteiger partial charge in [-0.15, -0.1) is 0 Å². The van der Waals surface area contributed by atoms with Crippen LogP contribution in [0, 0.1) is 6.92 Å². The molecule has 0 radical (unpaired) electrons. The van der Waals surface area contributed by atoms with Gasteiger partial charge in [0.1, 0.15) is 11.5 Å². The van der Waals surface area contributed by atoms with Crippen molar-refractivity contribution >= 4 is 6.03 Å². The van der Waals surface area contributed by atoms with Crippen molar-refractivity contribution in [1.29, 1.82) is 0 Å². The van der Waals surface area contributed by atoms with Crippen LogP contribution in [0.25, 0.3) is 0 Å². The molecule has 2 rings (SSSR count). The molecule has 28 heavy (non-hydrogen) atoms. The van der Waals surface area contributed by atoms with Crippen molar-refractivity contribution in [2.75, 3.05) is 34.3 Å². The zero-order valence-corrected chi connectivity index (χ0v) is 17.2. The summed E-state index contributed by atoms with van der Waals surface area (Å²) in [5.41, 5.74) is 3.34. The van der Waals surface area contributed by atoms with E-state index in [4.69, 9.17) is 4.74 Å². The second-order valence-corrected chi connectivity index (χ2v) is 7.19. The van der Waals surface area contributed by atoms with Crippen molar-refractivity contribution < 1.29 is 14.6 Å². The number of carbonyl (C=O) groups is 1. The molecule has 0 fully saturated rings. The molecular formula is C22H31N3O3. The highest BCUT2D eigenvalue weighted by atomic mass is 16.5. The summed E-state index contributed by atoms with van der Waals surface area (Å²) in [6.45, 7) is 3.10. The van der Waals surface area contributed by atoms with Crippen molar-refractivity contribution in [1.82, 2.24) is 15.5 Å². The Bertz CT molecular complexity index is 760. The third-order valence-electron chi connectivity index (χ3n) is 4.76. The number of urea groups is 1. The predicted octanol–water partition coefficient (Wildman–Crippen LogP) is 2.72. The fraction of sp³-hybridized carbons (Fsp3) is 0.409. The molecule has 0 heterocycles. The number of nitrogens with one attached hydrogen (secondary N) is 2. The monoisotopic (exact) mass is 385 g/mol. The number of nitrogens with zero attached hydrogens (tertiary/aromatic N) is 1. The SMILES string of the molecule is COc1cc(C)ccc1CCNC(=O)NC[C@H](Cc1ccc(O)cc1)N(C)C. The number of rotatable bonds is 9. The summed E-state index contributed by atoms with van der Waals surface area (Å²) in [4.78, 5) is 14.2. The summed E-state index contributed by atoms with van der Waals surface area (Å²) in [6, 6.07) is 13.2. The molecule has 0 unspecified atom stereocenters. The van der Waals surface area contributed by atoms with Gasteiger partial charge in [-0.25, -0.2) is 4.79 Å². The van der Waals surface area contributed by atoms with Crippen LogP contribution >= 0.6 is 0 Å². The van der Waals surface area contributed by atoms with Gasteiger partial charge in [0.25, 0.3) is 0 Å². The topological polar surface area (TPSA) is 73.8 Å². The van der Waals surface area contributed by atoms with E-state index in [1.165, 1.54) is 0 Å². The van der Waals surface area contributed by atoms with Crippen molar-refractivity contribution in [2.45, 2.75) is 25.8 Å². The van der Waals surface area contributed by atoms with Gasteiger partial charge in [0.2, 0.25) is 0 Å². The summed E-state index contributed by atoms with van der Waals surface area (Å²) in [5, 5.41) is 15.3. The molecule has 0 aliphatic heterocycles. The zero-order valence-electron chi connectivity index (χ0n) is 17.2. The van der Waals surface area contributed by atoms with Gasteiger partial charge in [0, 0.05) is 19.1 Å². The molecule has 0 aliphatic carbocycles. The summed E-state index contributed by atoms with van der Waals surface area (Å²) >= 11 is 0. The first-order chi connectivity index (χ1) is 13.4. The lowest BCUT2D eigenvalue weighted by molar-refractivity contribution is 0.232. The summed E-state index contributed by atoms with van der Waals surface area (Å²) < 4.78 is 5.40. The van der Waals surface area contributed by atoms with E-state index < -0.39 is 0 Å². The first kappa shape index (κ1) is 21.6. The van der Waals surface area contributed by atoms with Crippen molar-refractivity contribution in [3.8, 4) is 11.5 Å². The number of phenolic OH excluding ortho intramolecular Hbond substituents is 1. The molecule has 3 N–H and O–H groups in total. The van der Waals surface area contributed by atoms with Gasteiger partial charge in [-0.1, -0.05) is 24.3 Å². The van der Waals surface area contributed by atoms with Crippen LogP contribution in [0.1, 0.15) is 16.7 Å². The van der Waals surface area contributed by atoms with Gasteiger partial charge in [-0.3, -0.25) is 0 Å². The zero-order chi connectivity index (χ0) is 20.5. The fourth-order valence-corrected chi connectivity index (χ4v) is 2.98. The molecule has 0 spiro atoms. The normalized spacial score (nSPS) is 11.9. The minimum absolute atomic E-state index is 0.160. The van der Waals surface area contributed by atoms with Gasteiger partial charge < -0.3 is 25.4 Å². The summed E-state index contributed by atoms with van der Waals surface area (Å²) in [7, 11) is 5.65. The van der Waals surface area contributed by atoms with Crippen molar-refractivity contribution in [2.24, 2.45) is 0 Å². The van der Waals surface area contributed by atoms with Crippen LogP contribution in [0.3, 0.4) is 0 Å². The third-order valence-corrected chi connectivity index (χ3v) is 4.76. The predicted molar refractivity (Wildman–Crippen MR) is 112 cm³/mol. The van der Waals surface area contributed by atoms with Crippen LogP contribution in [-0.2, 0) is 12.8 Å². The van der Waals surface area contributed by atoms with Gasteiger partial charge in [0.15, 0.2) is 0 Å². The molecule has 0 aromatic heterocycles. The fourth-order valence-electron chi connectivity index (χ4n) is 2.98. The standard InChI is InChI=1S/C22H31N3O3/c1-16-5-8-18(21(13-16)28-4)11-12-23-22(27)24-15-19(25(2)3)14-17-6-9-20(26)10-7-17/h5-10,13,19,26H,11-12,14-15H2,1-4H3,(H2,23,24,27)/t19-/m0/s1. The lowest BCUT2D eigenvalue weighted by Crippen LogP contribution is -2.45. The number of aryl methyl sites for hydroxylation is 1. The quantitative estimate of drug-likeness (QED) is 0.621. The number of likely N-dealkylation sites (N-methyl/N-ethyl adjacent to an activating group) is 1. The number of aromatic hydroxyl groups is 1. The van der Waals surface area contributed by atoms with Gasteiger partial charge in [-0.05, 0) is 68.8 Å². The van der Waals surface area contributed by atoms with E-state index in [1.807, 2.05) is 51.4 Å². The molecule has 2 aromatic rings. The number of carbonyl (C=O) groups excluding carboxylic acids is 1. The Morgan fingerprint density at radius 3 is 2.50 bits per heavy atom. The van der Waals surface area contributed by atoms with Crippen LogP contribution in [0.15, 0.2) is 42.5 Å². The Labute approximate surface area is 167 Å². The van der Waals surface area contributed by atoms with Gasteiger partial charge >= 0.3 is 6.03 Å². The van der Waals surface area contributed by atoms with Crippen LogP contribution in [-0.4, -0.2) is 56.4 Å². The molecule has 2 amide bonds. The molecule has 2 aromatic carbocycles. The second kappa shape index (κ2) is 10.6. The van der Waals surface area contributed by atoms with E-state index in [9.17, 15) is 9.90 Å². The van der Waals surface area contributed by atoms with Crippen LogP contribution < -0.4 is 15.4 Å². The first-order valence-corrected chi connectivity index (χ1v) is 9.48. The van der Waals surface area contributed by atoms with Crippen LogP contribution in [0.5, 0.6) is 11.5 Å². The minimum atomic E-state index is -0.177. The van der Waals surface area contributed by atoms with Crippen molar-refractivity contribution in [3.63, 3.8) is 0 Å². The lowest BCUT2D eigenvalue weighted by Gasteiger charge is -2.25. The molecule has 0 aliphatic rings. The molecule has 1 atom stereocenters. The number of benzene rings is 2. The average molecular weight is 386 g/mol. The molecule has 6 heteroatoms. The van der Waals surface area contributed by atoms with Gasteiger partial charge in [0.05, 0.1) is 7.11 Å². The molecule has 0 saturated heterocycles. The molecule has 6 nitrogen and oxygen atoms in total. The van der Waals surface area contributed by atoms with E-state index >= 15 is 0 Å². The largest absolute Gasteiger partial charge is 0.508 e. The van der Waals surface area contributed by atoms with Crippen molar-refractivity contribution in [3.05, 3.63) is 59.2 Å². The Kier molecular flexibility index (Phi) is 8.14. The minimum Gasteiger partial charge on any atom is -0.508 e. The first-order valence-electron chi connectivity index (χ1n) is 9.48. The third kappa shape index (κ3) is 6.78. The van der Waals surface area contributed by atoms with E-state index in [1.54, 1.807) is 19.2 Å². The maximum absolute atomic E-state index is 12.2. The number of amides is 2. The van der Waals surface area contributed by atoms with Crippen LogP contribution in [0.2, 0.25) is 0 Å². The number of hydrogen-bond acceptors (Lipinski definition) is 4. The number of ether oxygens (including phenoxy) is 1. The molecular weight excluding hydrogens is 354 g/mol. The van der Waals surface area contributed by atoms with E-state index in [2.05, 4.69) is 15.5 Å². The molecule has 0 saturated carbocycles. The number of phenols is 1. The highest BCUT2D eigenvalue weighted by Gasteiger charge is 2.14. The summed E-state index contributed by atoms with van der Waals surface area (Å²) in [5.74, 6) is 1.11. The number of methoxy groups -OCH3 is 1. The summed E-state index contributed by atoms with van der Waals surface area (Å²) in [6.07, 6.45) is 1.50. The second-order valence-electron chi connectivity index (χ2n) is 7.19.